The number of thiophene rings is 4. The van der Waals surface area contributed by atoms with Gasteiger partial charge in [0.15, 0.2) is 0 Å². The Morgan fingerprint density at radius 3 is 1.37 bits per heavy atom. The summed E-state index contributed by atoms with van der Waals surface area (Å²) in [5.74, 6) is 0.759. The van der Waals surface area contributed by atoms with Gasteiger partial charge in [-0.05, 0) is 47.9 Å². The highest BCUT2D eigenvalue weighted by Gasteiger charge is 2.54. The molecule has 0 saturated carbocycles. The van der Waals surface area contributed by atoms with E-state index in [4.69, 9.17) is 13.1 Å². The van der Waals surface area contributed by atoms with Gasteiger partial charge in [-0.25, -0.2) is 20.2 Å². The molecule has 6 aromatic rings. The normalized spacial score (nSPS) is 16.4. The van der Waals surface area contributed by atoms with Crippen LogP contribution in [0.3, 0.4) is 0 Å². The molecule has 8 heteroatoms. The summed E-state index contributed by atoms with van der Waals surface area (Å²) in [5, 5.41) is 22.9. The van der Waals surface area contributed by atoms with Crippen molar-refractivity contribution in [3.63, 3.8) is 0 Å². The van der Waals surface area contributed by atoms with E-state index in [9.17, 15) is 10.5 Å². The Kier molecular flexibility index (Phi) is 6.55. The van der Waals surface area contributed by atoms with Crippen LogP contribution in [-0.2, 0) is 5.41 Å². The summed E-state index contributed by atoms with van der Waals surface area (Å²) < 4.78 is 2.33. The maximum Gasteiger partial charge on any atom is 0.271 e. The lowest BCUT2D eigenvalue weighted by atomic mass is 9.66. The molecule has 4 nitrogen and oxygen atoms in total. The standard InChI is InChI=1S/C41H26N4S4/c1-19(2)15-41(16-20(3)4)33-31-27-21-11-7-9-13-25(21)46-35(27)29(23(17-42)44-5)37(31)48-39(33)40-34(41)32-28-22-12-8-10-14-26(22)47-36(28)30(38(32)49-40)24(18-43)45-6/h7-14,19-20H,15-16H2,1-4H3/b29-23-,30-24+. The molecule has 49 heavy (non-hydrogen) atoms. The molecule has 0 amide bonds. The molecule has 0 bridgehead atoms. The zero-order valence-electron chi connectivity index (χ0n) is 27.1. The van der Waals surface area contributed by atoms with Gasteiger partial charge in [-0.15, -0.1) is 45.3 Å². The number of fused-ring (bicyclic) bond motifs is 15. The number of rotatable bonds is 4. The fourth-order valence-electron chi connectivity index (χ4n) is 8.78. The Bertz CT molecular complexity index is 2500. The van der Waals surface area contributed by atoms with E-state index in [1.807, 2.05) is 0 Å². The molecule has 0 N–H and O–H groups in total. The molecule has 234 valence electrons. The predicted molar refractivity (Wildman–Crippen MR) is 205 cm³/mol. The van der Waals surface area contributed by atoms with Gasteiger partial charge in [0.25, 0.3) is 11.4 Å². The summed E-state index contributed by atoms with van der Waals surface area (Å²) in [6.45, 7) is 25.3. The molecule has 0 fully saturated rings. The highest BCUT2D eigenvalue weighted by molar-refractivity contribution is 7.27. The second-order valence-electron chi connectivity index (χ2n) is 13.8. The van der Waals surface area contributed by atoms with E-state index >= 15 is 0 Å². The molecular formula is C41H26N4S4. The van der Waals surface area contributed by atoms with Gasteiger partial charge in [0.2, 0.25) is 0 Å². The number of allylic oxidation sites excluding steroid dienone is 2. The van der Waals surface area contributed by atoms with Crippen LogP contribution in [0.15, 0.2) is 59.9 Å². The first kappa shape index (κ1) is 30.3. The van der Waals surface area contributed by atoms with E-state index in [0.29, 0.717) is 11.8 Å². The van der Waals surface area contributed by atoms with Crippen molar-refractivity contribution in [1.82, 2.24) is 0 Å². The van der Waals surface area contributed by atoms with Crippen molar-refractivity contribution >= 4 is 76.7 Å². The lowest BCUT2D eigenvalue weighted by molar-refractivity contribution is 0.339. The number of hydrogen-bond donors (Lipinski definition) is 0. The Morgan fingerprint density at radius 2 is 1.00 bits per heavy atom. The fourth-order valence-corrected chi connectivity index (χ4v) is 14.5. The van der Waals surface area contributed by atoms with Crippen LogP contribution in [0.1, 0.15) is 71.2 Å². The Labute approximate surface area is 300 Å². The van der Waals surface area contributed by atoms with E-state index in [2.05, 4.69) is 98.1 Å². The molecule has 3 aliphatic carbocycles. The molecule has 0 saturated heterocycles. The van der Waals surface area contributed by atoms with Crippen molar-refractivity contribution in [2.24, 2.45) is 11.8 Å². The number of hydrogen-bond acceptors (Lipinski definition) is 6. The lowest BCUT2D eigenvalue weighted by Gasteiger charge is -2.36. The maximum absolute atomic E-state index is 10.3. The van der Waals surface area contributed by atoms with Crippen LogP contribution in [0.4, 0.5) is 0 Å². The SMILES string of the molecule is [C-]#[N+]/C(C#N)=C1/c2sc3c(c2-c2c1sc1ccccc21)C(CC(C)C)(CC(C)C)c1c-3sc2c1-c1c(sc3ccccc13)/C2=C(\C#N)[N+]#[C-]. The third kappa shape index (κ3) is 3.78. The van der Waals surface area contributed by atoms with E-state index in [1.165, 1.54) is 53.9 Å². The predicted octanol–water partition coefficient (Wildman–Crippen LogP) is 13.0. The van der Waals surface area contributed by atoms with Crippen LogP contribution in [0.2, 0.25) is 0 Å². The molecule has 0 aliphatic heterocycles. The summed E-state index contributed by atoms with van der Waals surface area (Å²) in [7, 11) is 0. The quantitative estimate of drug-likeness (QED) is 0.135. The molecule has 0 atom stereocenters. The van der Waals surface area contributed by atoms with Gasteiger partial charge in [0.05, 0.1) is 25.3 Å². The maximum atomic E-state index is 10.3. The molecule has 0 radical (unpaired) electrons. The van der Waals surface area contributed by atoms with E-state index in [1.54, 1.807) is 45.3 Å². The average molecular weight is 703 g/mol. The third-order valence-corrected chi connectivity index (χ3v) is 15.0. The molecule has 3 aliphatic rings. The van der Waals surface area contributed by atoms with Gasteiger partial charge in [0.1, 0.15) is 0 Å². The molecule has 4 aromatic heterocycles. The number of nitrogens with zero attached hydrogens (tertiary/aromatic N) is 4. The summed E-state index contributed by atoms with van der Waals surface area (Å²) >= 11 is 6.85. The van der Waals surface area contributed by atoms with Crippen LogP contribution in [0.25, 0.3) is 73.0 Å². The zero-order valence-corrected chi connectivity index (χ0v) is 30.4. The monoisotopic (exact) mass is 702 g/mol. The van der Waals surface area contributed by atoms with Gasteiger partial charge >= 0.3 is 0 Å². The molecule has 4 heterocycles. The van der Waals surface area contributed by atoms with Crippen LogP contribution >= 0.6 is 45.3 Å². The van der Waals surface area contributed by atoms with Crippen molar-refractivity contribution in [3.05, 3.63) is 113 Å². The van der Waals surface area contributed by atoms with Gasteiger partial charge in [-0.2, -0.15) is 0 Å². The minimum absolute atomic E-state index is 0.147. The van der Waals surface area contributed by atoms with Crippen molar-refractivity contribution in [2.75, 3.05) is 0 Å². The minimum atomic E-state index is -0.345. The van der Waals surface area contributed by atoms with E-state index < -0.39 is 0 Å². The van der Waals surface area contributed by atoms with Gasteiger partial charge in [0, 0.05) is 88.3 Å². The van der Waals surface area contributed by atoms with Crippen molar-refractivity contribution in [3.8, 4) is 44.1 Å². The van der Waals surface area contributed by atoms with E-state index in [0.717, 1.165) is 52.9 Å². The number of nitriles is 2. The first-order valence-electron chi connectivity index (χ1n) is 16.2. The first-order chi connectivity index (χ1) is 23.8. The lowest BCUT2D eigenvalue weighted by Crippen LogP contribution is -2.30. The Balaban J connectivity index is 1.48. The zero-order chi connectivity index (χ0) is 33.9. The van der Waals surface area contributed by atoms with E-state index in [-0.39, 0.29) is 16.8 Å². The van der Waals surface area contributed by atoms with Crippen LogP contribution < -0.4 is 0 Å². The molecule has 0 spiro atoms. The minimum Gasteiger partial charge on any atom is -0.226 e. The second kappa shape index (κ2) is 10.6. The highest BCUT2D eigenvalue weighted by Crippen LogP contribution is 2.72. The first-order valence-corrected chi connectivity index (χ1v) is 19.5. The van der Waals surface area contributed by atoms with Crippen molar-refractivity contribution in [1.29, 1.82) is 10.5 Å². The summed E-state index contributed by atoms with van der Waals surface area (Å²) in [6, 6.07) is 21.5. The Morgan fingerprint density at radius 1 is 0.612 bits per heavy atom. The third-order valence-electron chi connectivity index (χ3n) is 10.0. The fraction of sp³-hybridized carbons (Fsp3) is 0.220. The highest BCUT2D eigenvalue weighted by atomic mass is 32.1. The largest absolute Gasteiger partial charge is 0.271 e. The van der Waals surface area contributed by atoms with Gasteiger partial charge in [-0.3, -0.25) is 0 Å². The van der Waals surface area contributed by atoms with Crippen LogP contribution in [-0.4, -0.2) is 0 Å². The molecule has 2 aromatic carbocycles. The molecule has 9 rings (SSSR count). The summed E-state index contributed by atoms with van der Waals surface area (Å²) in [5.41, 5.74) is 8.98. The van der Waals surface area contributed by atoms with Crippen molar-refractivity contribution in [2.45, 2.75) is 46.0 Å². The smallest absolute Gasteiger partial charge is 0.226 e. The van der Waals surface area contributed by atoms with Crippen LogP contribution in [0.5, 0.6) is 0 Å². The average Bonchev–Trinajstić information content (AvgIpc) is 3.91. The van der Waals surface area contributed by atoms with Crippen molar-refractivity contribution < 1.29 is 0 Å². The van der Waals surface area contributed by atoms with Crippen LogP contribution in [0, 0.1) is 47.6 Å². The second-order valence-corrected chi connectivity index (χ2v) is 17.9. The summed E-state index contributed by atoms with van der Waals surface area (Å²) in [4.78, 5) is 14.1. The number of benzene rings is 2. The van der Waals surface area contributed by atoms with Gasteiger partial charge in [-0.1, -0.05) is 64.1 Å². The topological polar surface area (TPSA) is 56.3 Å². The Hall–Kier alpha value is -4.80. The molecule has 0 unspecified atom stereocenters. The molecular weight excluding hydrogens is 677 g/mol. The summed E-state index contributed by atoms with van der Waals surface area (Å²) in [6.07, 6.45) is 1.87. The van der Waals surface area contributed by atoms with Gasteiger partial charge < -0.3 is 0 Å².